The summed E-state index contributed by atoms with van der Waals surface area (Å²) in [6, 6.07) is 18.3. The number of hydrogen-bond acceptors (Lipinski definition) is 4. The number of carbonyl (C=O) groups is 2. The molecule has 0 atom stereocenters. The maximum atomic E-state index is 10.2. The van der Waals surface area contributed by atoms with E-state index in [0.29, 0.717) is 12.2 Å². The van der Waals surface area contributed by atoms with E-state index in [4.69, 9.17) is 10.8 Å². The van der Waals surface area contributed by atoms with Crippen LogP contribution >= 0.6 is 0 Å². The monoisotopic (exact) mass is 303 g/mol. The van der Waals surface area contributed by atoms with Gasteiger partial charge in [-0.2, -0.15) is 0 Å². The number of primary amides is 1. The zero-order valence-electron chi connectivity index (χ0n) is 11.8. The Kier molecular flexibility index (Phi) is 7.60. The summed E-state index contributed by atoms with van der Waals surface area (Å²) in [5.41, 5.74) is 5.85. The van der Waals surface area contributed by atoms with Gasteiger partial charge >= 0.3 is 12.2 Å². The molecule has 6 nitrogen and oxygen atoms in total. The molecule has 0 aliphatic heterocycles. The van der Waals surface area contributed by atoms with Crippen LogP contribution in [0.1, 0.15) is 5.56 Å². The zero-order valence-corrected chi connectivity index (χ0v) is 11.8. The van der Waals surface area contributed by atoms with Gasteiger partial charge in [0.1, 0.15) is 5.75 Å². The first kappa shape index (κ1) is 17.0. The van der Waals surface area contributed by atoms with E-state index in [1.807, 2.05) is 36.4 Å². The molecule has 6 heteroatoms. The molecule has 0 aliphatic carbocycles. The van der Waals surface area contributed by atoms with Crippen LogP contribution < -0.4 is 10.5 Å². The van der Waals surface area contributed by atoms with Gasteiger partial charge < -0.3 is 20.3 Å². The fourth-order valence-electron chi connectivity index (χ4n) is 1.51. The molecule has 2 aromatic carbocycles. The van der Waals surface area contributed by atoms with Gasteiger partial charge in [-0.15, -0.1) is 0 Å². The summed E-state index contributed by atoms with van der Waals surface area (Å²) in [4.78, 5) is 20.1. The summed E-state index contributed by atoms with van der Waals surface area (Å²) >= 11 is 0. The van der Waals surface area contributed by atoms with Gasteiger partial charge in [-0.1, -0.05) is 48.5 Å². The number of ether oxygens (including phenoxy) is 2. The smallest absolute Gasteiger partial charge is 0.450 e. The predicted octanol–water partition coefficient (Wildman–Crippen LogP) is 3.07. The summed E-state index contributed by atoms with van der Waals surface area (Å²) in [7, 11) is 0. The predicted molar refractivity (Wildman–Crippen MR) is 80.8 cm³/mol. The first-order chi connectivity index (χ1) is 10.6. The lowest BCUT2D eigenvalue weighted by atomic mass is 10.2. The lowest BCUT2D eigenvalue weighted by Gasteiger charge is -1.99. The van der Waals surface area contributed by atoms with Gasteiger partial charge in [0.25, 0.3) is 0 Å². The first-order valence-electron chi connectivity index (χ1n) is 6.50. The number of benzene rings is 2. The largest absolute Gasteiger partial charge is 0.505 e. The number of carbonyl (C=O) groups excluding carboxylic acids is 1. The highest BCUT2D eigenvalue weighted by Gasteiger charge is 1.96. The molecule has 0 bridgehead atoms. The van der Waals surface area contributed by atoms with Crippen LogP contribution in [0.15, 0.2) is 60.7 Å². The second kappa shape index (κ2) is 9.82. The zero-order chi connectivity index (χ0) is 16.2. The van der Waals surface area contributed by atoms with Gasteiger partial charge in [-0.05, 0) is 17.7 Å². The molecule has 3 N–H and O–H groups in total. The number of para-hydroxylation sites is 1. The Morgan fingerprint density at radius 2 is 1.50 bits per heavy atom. The molecular weight excluding hydrogens is 286 g/mol. The van der Waals surface area contributed by atoms with Crippen molar-refractivity contribution in [1.82, 2.24) is 0 Å². The highest BCUT2D eigenvalue weighted by molar-refractivity contribution is 5.67. The quantitative estimate of drug-likeness (QED) is 0.846. The molecule has 0 unspecified atom stereocenters. The van der Waals surface area contributed by atoms with E-state index in [9.17, 15) is 9.59 Å². The highest BCUT2D eigenvalue weighted by atomic mass is 16.7. The molecule has 2 aromatic rings. The van der Waals surface area contributed by atoms with Crippen LogP contribution in [0.25, 0.3) is 0 Å². The number of rotatable bonds is 4. The van der Waals surface area contributed by atoms with Crippen molar-refractivity contribution in [3.8, 4) is 5.75 Å². The maximum absolute atomic E-state index is 10.2. The molecule has 0 radical (unpaired) electrons. The Hall–Kier alpha value is -3.02. The Labute approximate surface area is 128 Å². The number of hydrogen-bond donors (Lipinski definition) is 2. The molecule has 22 heavy (non-hydrogen) atoms. The third kappa shape index (κ3) is 8.21. The van der Waals surface area contributed by atoms with Crippen molar-refractivity contribution in [2.75, 3.05) is 6.61 Å². The minimum atomic E-state index is -1.22. The van der Waals surface area contributed by atoms with Crippen LogP contribution in [0.2, 0.25) is 0 Å². The van der Waals surface area contributed by atoms with Crippen molar-refractivity contribution < 1.29 is 24.2 Å². The third-order valence-electron chi connectivity index (χ3n) is 2.42. The van der Waals surface area contributed by atoms with E-state index in [1.54, 1.807) is 24.3 Å². The van der Waals surface area contributed by atoms with E-state index in [-0.39, 0.29) is 6.61 Å². The van der Waals surface area contributed by atoms with Crippen molar-refractivity contribution in [2.24, 2.45) is 5.73 Å². The first-order valence-corrected chi connectivity index (χ1v) is 6.50. The number of carboxylic acid groups (broad SMARTS) is 1. The fourth-order valence-corrected chi connectivity index (χ4v) is 1.51. The van der Waals surface area contributed by atoms with Crippen LogP contribution in [0, 0.1) is 0 Å². The van der Waals surface area contributed by atoms with Crippen LogP contribution in [0.3, 0.4) is 0 Å². The van der Waals surface area contributed by atoms with Crippen LogP contribution in [-0.4, -0.2) is 24.0 Å². The van der Waals surface area contributed by atoms with Crippen LogP contribution in [-0.2, 0) is 11.2 Å². The second-order valence-corrected chi connectivity index (χ2v) is 4.08. The Bertz CT molecular complexity index is 572. The minimum Gasteiger partial charge on any atom is -0.450 e. The van der Waals surface area contributed by atoms with E-state index in [1.165, 1.54) is 0 Å². The van der Waals surface area contributed by atoms with Crippen molar-refractivity contribution in [2.45, 2.75) is 6.42 Å². The molecule has 0 heterocycles. The molecular formula is C16H17NO5. The summed E-state index contributed by atoms with van der Waals surface area (Å²) in [6.07, 6.45) is -1.37. The number of amides is 1. The van der Waals surface area contributed by atoms with Crippen LogP contribution in [0.4, 0.5) is 9.59 Å². The molecule has 2 rings (SSSR count). The Morgan fingerprint density at radius 3 is 2.00 bits per heavy atom. The van der Waals surface area contributed by atoms with Crippen LogP contribution in [0.5, 0.6) is 5.75 Å². The summed E-state index contributed by atoms with van der Waals surface area (Å²) in [5.74, 6) is 0.468. The minimum absolute atomic E-state index is 0.222. The summed E-state index contributed by atoms with van der Waals surface area (Å²) < 4.78 is 8.92. The molecule has 1 amide bonds. The van der Waals surface area contributed by atoms with E-state index >= 15 is 0 Å². The summed E-state index contributed by atoms with van der Waals surface area (Å²) in [6.45, 7) is 0.222. The maximum Gasteiger partial charge on any atom is 0.505 e. The average molecular weight is 303 g/mol. The van der Waals surface area contributed by atoms with E-state index in [0.717, 1.165) is 5.56 Å². The second-order valence-electron chi connectivity index (χ2n) is 4.08. The standard InChI is InChI=1S/C9H10O3.C7H7NO2/c10-9(11)12-7-6-8-4-2-1-3-5-8;8-7(9)10-6-4-2-1-3-5-6/h1-5H,6-7H2,(H,10,11);1-5H,(H2,8,9). The fraction of sp³-hybridized carbons (Fsp3) is 0.125. The molecule has 116 valence electrons. The van der Waals surface area contributed by atoms with Gasteiger partial charge in [-0.3, -0.25) is 0 Å². The average Bonchev–Trinajstić information content (AvgIpc) is 2.49. The highest BCUT2D eigenvalue weighted by Crippen LogP contribution is 2.07. The SMILES string of the molecule is NC(=O)Oc1ccccc1.O=C(O)OCCc1ccccc1. The van der Waals surface area contributed by atoms with Crippen molar-refractivity contribution in [3.05, 3.63) is 66.2 Å². The van der Waals surface area contributed by atoms with Gasteiger partial charge in [0.15, 0.2) is 0 Å². The van der Waals surface area contributed by atoms with Gasteiger partial charge in [0.2, 0.25) is 0 Å². The van der Waals surface area contributed by atoms with Crippen molar-refractivity contribution in [1.29, 1.82) is 0 Å². The Morgan fingerprint density at radius 1 is 0.955 bits per heavy atom. The molecule has 0 fully saturated rings. The van der Waals surface area contributed by atoms with Gasteiger partial charge in [0.05, 0.1) is 6.61 Å². The topological polar surface area (TPSA) is 98.9 Å². The molecule has 0 saturated carbocycles. The van der Waals surface area contributed by atoms with Crippen molar-refractivity contribution in [3.63, 3.8) is 0 Å². The van der Waals surface area contributed by atoms with Gasteiger partial charge in [-0.25, -0.2) is 9.59 Å². The number of nitrogens with two attached hydrogens (primary N) is 1. The molecule has 0 aliphatic rings. The summed E-state index contributed by atoms with van der Waals surface area (Å²) in [5, 5.41) is 8.17. The lowest BCUT2D eigenvalue weighted by molar-refractivity contribution is 0.0927. The van der Waals surface area contributed by atoms with Gasteiger partial charge in [0, 0.05) is 6.42 Å². The van der Waals surface area contributed by atoms with Crippen molar-refractivity contribution >= 4 is 12.2 Å². The molecule has 0 saturated heterocycles. The third-order valence-corrected chi connectivity index (χ3v) is 2.42. The lowest BCUT2D eigenvalue weighted by Crippen LogP contribution is -2.15. The van der Waals surface area contributed by atoms with E-state index < -0.39 is 12.2 Å². The normalized spacial score (nSPS) is 9.09. The van der Waals surface area contributed by atoms with E-state index in [2.05, 4.69) is 9.47 Å². The molecule has 0 aromatic heterocycles. The Balaban J connectivity index is 0.000000224. The molecule has 0 spiro atoms.